The molecule has 2 aromatic rings. The number of aryl methyl sites for hydroxylation is 2. The summed E-state index contributed by atoms with van der Waals surface area (Å²) in [6, 6.07) is 5.46. The van der Waals surface area contributed by atoms with Gasteiger partial charge in [0.25, 0.3) is 0 Å². The molecule has 3 rings (SSSR count). The van der Waals surface area contributed by atoms with Crippen LogP contribution < -0.4 is 0 Å². The van der Waals surface area contributed by atoms with E-state index >= 15 is 0 Å². The standard InChI is InChI=1S/C17H21FN4O/c1-13-2-3-14(12-16(13)18)4-5-17(23)21-10-6-15(7-11-21)22-19-8-9-20-22/h2-3,8-9,12,15H,4-7,10-11H2,1H3. The van der Waals surface area contributed by atoms with Crippen LogP contribution in [0, 0.1) is 12.7 Å². The van der Waals surface area contributed by atoms with Gasteiger partial charge in [-0.25, -0.2) is 4.39 Å². The van der Waals surface area contributed by atoms with Crippen LogP contribution in [0.5, 0.6) is 0 Å². The minimum Gasteiger partial charge on any atom is -0.343 e. The van der Waals surface area contributed by atoms with Crippen molar-refractivity contribution in [3.05, 3.63) is 47.5 Å². The van der Waals surface area contributed by atoms with E-state index in [9.17, 15) is 9.18 Å². The highest BCUT2D eigenvalue weighted by Gasteiger charge is 2.24. The summed E-state index contributed by atoms with van der Waals surface area (Å²) in [5.74, 6) is -0.0691. The Morgan fingerprint density at radius 2 is 1.96 bits per heavy atom. The van der Waals surface area contributed by atoms with Gasteiger partial charge in [0.15, 0.2) is 0 Å². The van der Waals surface area contributed by atoms with Crippen LogP contribution in [0.1, 0.15) is 36.4 Å². The van der Waals surface area contributed by atoms with Crippen LogP contribution in [0.2, 0.25) is 0 Å². The van der Waals surface area contributed by atoms with Crippen molar-refractivity contribution < 1.29 is 9.18 Å². The van der Waals surface area contributed by atoms with Crippen LogP contribution in [0.15, 0.2) is 30.6 Å². The second-order valence-corrected chi connectivity index (χ2v) is 6.04. The Bertz CT molecular complexity index is 663. The zero-order valence-corrected chi connectivity index (χ0v) is 13.3. The van der Waals surface area contributed by atoms with Gasteiger partial charge in [0, 0.05) is 19.5 Å². The molecule has 0 N–H and O–H groups in total. The van der Waals surface area contributed by atoms with Gasteiger partial charge in [-0.2, -0.15) is 15.0 Å². The molecule has 0 aliphatic carbocycles. The molecule has 1 saturated heterocycles. The highest BCUT2D eigenvalue weighted by Crippen LogP contribution is 2.21. The zero-order valence-electron chi connectivity index (χ0n) is 13.3. The van der Waals surface area contributed by atoms with E-state index in [1.807, 2.05) is 11.0 Å². The number of carbonyl (C=O) groups excluding carboxylic acids is 1. The molecule has 122 valence electrons. The van der Waals surface area contributed by atoms with Gasteiger partial charge in [0.1, 0.15) is 5.82 Å². The van der Waals surface area contributed by atoms with Crippen LogP contribution >= 0.6 is 0 Å². The SMILES string of the molecule is Cc1ccc(CCC(=O)N2CCC(n3nccn3)CC2)cc1F. The van der Waals surface area contributed by atoms with Crippen LogP contribution in [-0.4, -0.2) is 38.9 Å². The maximum atomic E-state index is 13.5. The lowest BCUT2D eigenvalue weighted by atomic mass is 10.0. The number of piperidine rings is 1. The Balaban J connectivity index is 1.48. The van der Waals surface area contributed by atoms with Crippen molar-refractivity contribution in [3.63, 3.8) is 0 Å². The minimum absolute atomic E-state index is 0.137. The summed E-state index contributed by atoms with van der Waals surface area (Å²) < 4.78 is 13.5. The van der Waals surface area contributed by atoms with E-state index in [1.165, 1.54) is 6.07 Å². The molecule has 0 unspecified atom stereocenters. The lowest BCUT2D eigenvalue weighted by Gasteiger charge is -2.31. The van der Waals surface area contributed by atoms with E-state index in [4.69, 9.17) is 0 Å². The molecule has 0 atom stereocenters. The third-order valence-corrected chi connectivity index (χ3v) is 4.44. The number of benzene rings is 1. The Morgan fingerprint density at radius 1 is 1.26 bits per heavy atom. The predicted octanol–water partition coefficient (Wildman–Crippen LogP) is 2.52. The molecule has 1 fully saturated rings. The first-order valence-electron chi connectivity index (χ1n) is 8.02. The van der Waals surface area contributed by atoms with E-state index in [0.717, 1.165) is 31.5 Å². The van der Waals surface area contributed by atoms with Crippen molar-refractivity contribution in [2.45, 2.75) is 38.6 Å². The largest absolute Gasteiger partial charge is 0.343 e. The number of carbonyl (C=O) groups is 1. The van der Waals surface area contributed by atoms with Gasteiger partial charge in [-0.3, -0.25) is 4.79 Å². The third kappa shape index (κ3) is 3.75. The molecule has 0 radical (unpaired) electrons. The highest BCUT2D eigenvalue weighted by molar-refractivity contribution is 5.76. The van der Waals surface area contributed by atoms with Gasteiger partial charge in [-0.05, 0) is 43.4 Å². The summed E-state index contributed by atoms with van der Waals surface area (Å²) >= 11 is 0. The minimum atomic E-state index is -0.206. The summed E-state index contributed by atoms with van der Waals surface area (Å²) in [5.41, 5.74) is 1.51. The topological polar surface area (TPSA) is 51.0 Å². The van der Waals surface area contributed by atoms with Gasteiger partial charge in [-0.15, -0.1) is 0 Å². The van der Waals surface area contributed by atoms with Gasteiger partial charge in [0.05, 0.1) is 18.4 Å². The van der Waals surface area contributed by atoms with Crippen molar-refractivity contribution in [1.82, 2.24) is 19.9 Å². The van der Waals surface area contributed by atoms with Gasteiger partial charge >= 0.3 is 0 Å². The average Bonchev–Trinajstić information content (AvgIpc) is 3.10. The lowest BCUT2D eigenvalue weighted by Crippen LogP contribution is -2.39. The van der Waals surface area contributed by atoms with Crippen LogP contribution in [-0.2, 0) is 11.2 Å². The summed E-state index contributed by atoms with van der Waals surface area (Å²) in [4.78, 5) is 15.9. The molecule has 23 heavy (non-hydrogen) atoms. The molecule has 0 spiro atoms. The number of hydrogen-bond donors (Lipinski definition) is 0. The smallest absolute Gasteiger partial charge is 0.222 e. The number of likely N-dealkylation sites (tertiary alicyclic amines) is 1. The first kappa shape index (κ1) is 15.6. The Hall–Kier alpha value is -2.24. The number of hydrogen-bond acceptors (Lipinski definition) is 3. The molecule has 0 bridgehead atoms. The van der Waals surface area contributed by atoms with E-state index < -0.39 is 0 Å². The second kappa shape index (κ2) is 6.89. The van der Waals surface area contributed by atoms with Crippen molar-refractivity contribution in [1.29, 1.82) is 0 Å². The van der Waals surface area contributed by atoms with Gasteiger partial charge in [-0.1, -0.05) is 12.1 Å². The molecule has 1 amide bonds. The predicted molar refractivity (Wildman–Crippen MR) is 84.3 cm³/mol. The lowest BCUT2D eigenvalue weighted by molar-refractivity contribution is -0.132. The number of rotatable bonds is 4. The fourth-order valence-electron chi connectivity index (χ4n) is 2.96. The summed E-state index contributed by atoms with van der Waals surface area (Å²) in [7, 11) is 0. The molecule has 1 aliphatic rings. The summed E-state index contributed by atoms with van der Waals surface area (Å²) in [6.45, 7) is 3.20. The first-order chi connectivity index (χ1) is 11.1. The molecule has 1 aliphatic heterocycles. The maximum Gasteiger partial charge on any atom is 0.222 e. The van der Waals surface area contributed by atoms with Crippen LogP contribution in [0.4, 0.5) is 4.39 Å². The zero-order chi connectivity index (χ0) is 16.2. The van der Waals surface area contributed by atoms with Crippen molar-refractivity contribution in [2.75, 3.05) is 13.1 Å². The fraction of sp³-hybridized carbons (Fsp3) is 0.471. The second-order valence-electron chi connectivity index (χ2n) is 6.04. The maximum absolute atomic E-state index is 13.5. The van der Waals surface area contributed by atoms with Crippen molar-refractivity contribution in [2.24, 2.45) is 0 Å². The molecular formula is C17H21FN4O. The average molecular weight is 316 g/mol. The van der Waals surface area contributed by atoms with Crippen molar-refractivity contribution >= 4 is 5.91 Å². The number of aromatic nitrogens is 3. The summed E-state index contributed by atoms with van der Waals surface area (Å²) in [5, 5.41) is 8.34. The Morgan fingerprint density at radius 3 is 2.61 bits per heavy atom. The van der Waals surface area contributed by atoms with E-state index in [0.29, 0.717) is 18.4 Å². The van der Waals surface area contributed by atoms with E-state index in [1.54, 1.807) is 30.2 Å². The van der Waals surface area contributed by atoms with Crippen LogP contribution in [0.3, 0.4) is 0 Å². The molecule has 5 nitrogen and oxygen atoms in total. The summed E-state index contributed by atoms with van der Waals surface area (Å²) in [6.07, 6.45) is 6.11. The molecule has 0 saturated carbocycles. The number of nitrogens with zero attached hydrogens (tertiary/aromatic N) is 4. The van der Waals surface area contributed by atoms with Crippen molar-refractivity contribution in [3.8, 4) is 0 Å². The first-order valence-corrected chi connectivity index (χ1v) is 8.02. The monoisotopic (exact) mass is 316 g/mol. The molecule has 1 aromatic carbocycles. The van der Waals surface area contributed by atoms with Gasteiger partial charge in [0.2, 0.25) is 5.91 Å². The van der Waals surface area contributed by atoms with Gasteiger partial charge < -0.3 is 4.90 Å². The molecule has 2 heterocycles. The number of halogens is 1. The highest BCUT2D eigenvalue weighted by atomic mass is 19.1. The van der Waals surface area contributed by atoms with E-state index in [2.05, 4.69) is 10.2 Å². The Labute approximate surface area is 135 Å². The normalized spacial score (nSPS) is 15.8. The van der Waals surface area contributed by atoms with E-state index in [-0.39, 0.29) is 17.8 Å². The Kier molecular flexibility index (Phi) is 4.69. The van der Waals surface area contributed by atoms with Crippen LogP contribution in [0.25, 0.3) is 0 Å². The number of amides is 1. The fourth-order valence-corrected chi connectivity index (χ4v) is 2.96. The molecule has 1 aromatic heterocycles. The molecule has 6 heteroatoms. The molecular weight excluding hydrogens is 295 g/mol. The quantitative estimate of drug-likeness (QED) is 0.871. The third-order valence-electron chi connectivity index (χ3n) is 4.44.